The molecule has 5 rings (SSSR count). The molecular weight excluding hydrogens is 532 g/mol. The van der Waals surface area contributed by atoms with Crippen molar-refractivity contribution in [1.82, 2.24) is 15.0 Å². The Labute approximate surface area is 176 Å². The van der Waals surface area contributed by atoms with Gasteiger partial charge in [0.25, 0.3) is 0 Å². The molecule has 0 saturated heterocycles. The van der Waals surface area contributed by atoms with Crippen LogP contribution in [0.2, 0.25) is 0 Å². The van der Waals surface area contributed by atoms with Crippen LogP contribution in [-0.2, 0) is 22.9 Å². The van der Waals surface area contributed by atoms with Gasteiger partial charge < -0.3 is 24.8 Å². The SMILES string of the molecule is C1=CC[C]([Hf+2][CH]2C(n3nc4ccccc4n3)=Cc3ccccc32)=C1.[Cl-].[Cl-]. The summed E-state index contributed by atoms with van der Waals surface area (Å²) in [6, 6.07) is 16.9. The van der Waals surface area contributed by atoms with E-state index >= 15 is 0 Å². The molecule has 0 aliphatic heterocycles. The number of halogens is 2. The average molecular weight is 547 g/mol. The summed E-state index contributed by atoms with van der Waals surface area (Å²) in [6.07, 6.45) is 10.2. The van der Waals surface area contributed by atoms with Gasteiger partial charge in [-0.2, -0.15) is 0 Å². The van der Waals surface area contributed by atoms with E-state index in [0.717, 1.165) is 17.5 Å². The Kier molecular flexibility index (Phi) is 5.96. The van der Waals surface area contributed by atoms with Gasteiger partial charge in [-0.05, 0) is 0 Å². The second-order valence-electron chi connectivity index (χ2n) is 6.08. The molecule has 128 valence electrons. The summed E-state index contributed by atoms with van der Waals surface area (Å²) >= 11 is -1.03. The molecule has 0 spiro atoms. The molecule has 6 heteroatoms. The van der Waals surface area contributed by atoms with Crippen molar-refractivity contribution in [3.05, 3.63) is 81.2 Å². The van der Waals surface area contributed by atoms with Crippen LogP contribution in [0.5, 0.6) is 0 Å². The standard InChI is InChI=1S/C15H10N3.C5H5.2ClH.Hf/c1-2-6-12-10-13(9-11(12)5-1)18-16-14-7-3-4-8-15(14)17-18;1-2-4-5-3-1;;;/h1-10H;1-3H,4H2;2*1H;/q;;;;+2/p-2. The van der Waals surface area contributed by atoms with Gasteiger partial charge in [-0.3, -0.25) is 0 Å². The molecule has 0 amide bonds. The van der Waals surface area contributed by atoms with Crippen LogP contribution >= 0.6 is 0 Å². The zero-order valence-electron chi connectivity index (χ0n) is 13.8. The van der Waals surface area contributed by atoms with Crippen LogP contribution in [-0.4, -0.2) is 15.0 Å². The van der Waals surface area contributed by atoms with E-state index in [4.69, 9.17) is 10.2 Å². The minimum atomic E-state index is -1.03. The Morgan fingerprint density at radius 3 is 2.31 bits per heavy atom. The van der Waals surface area contributed by atoms with Crippen LogP contribution in [0.1, 0.15) is 21.2 Å². The number of benzene rings is 2. The van der Waals surface area contributed by atoms with Gasteiger partial charge in [0.05, 0.1) is 0 Å². The quantitative estimate of drug-likeness (QED) is 0.372. The van der Waals surface area contributed by atoms with Crippen molar-refractivity contribution >= 4 is 22.8 Å². The van der Waals surface area contributed by atoms with Gasteiger partial charge in [0.1, 0.15) is 0 Å². The molecule has 1 atom stereocenters. The third kappa shape index (κ3) is 3.38. The summed E-state index contributed by atoms with van der Waals surface area (Å²) < 4.78 is 2.17. The molecule has 1 heterocycles. The Hall–Kier alpha value is -1.49. The molecule has 1 unspecified atom stereocenters. The van der Waals surface area contributed by atoms with Crippen molar-refractivity contribution in [2.45, 2.75) is 10.1 Å². The summed E-state index contributed by atoms with van der Waals surface area (Å²) in [4.78, 5) is 1.88. The molecule has 3 nitrogen and oxygen atoms in total. The third-order valence-electron chi connectivity index (χ3n) is 4.52. The van der Waals surface area contributed by atoms with Crippen molar-refractivity contribution in [3.8, 4) is 0 Å². The first-order valence-electron chi connectivity index (χ1n) is 8.14. The van der Waals surface area contributed by atoms with Gasteiger partial charge in [0.2, 0.25) is 0 Å². The minimum absolute atomic E-state index is 0. The van der Waals surface area contributed by atoms with Gasteiger partial charge in [0, 0.05) is 0 Å². The average Bonchev–Trinajstić information content (AvgIpc) is 3.33. The van der Waals surface area contributed by atoms with Crippen LogP contribution in [0.15, 0.2) is 70.1 Å². The van der Waals surface area contributed by atoms with Gasteiger partial charge in [-0.15, -0.1) is 0 Å². The van der Waals surface area contributed by atoms with Gasteiger partial charge in [-0.25, -0.2) is 0 Å². The molecule has 1 aromatic heterocycles. The molecular formula is C20H15Cl2HfN3. The maximum Gasteiger partial charge on any atom is -1.00 e. The number of hydrogen-bond acceptors (Lipinski definition) is 2. The summed E-state index contributed by atoms with van der Waals surface area (Å²) in [5, 5.41) is 9.47. The van der Waals surface area contributed by atoms with Gasteiger partial charge >= 0.3 is 152 Å². The minimum Gasteiger partial charge on any atom is -1.00 e. The third-order valence-corrected chi connectivity index (χ3v) is 10.4. The monoisotopic (exact) mass is 547 g/mol. The number of aromatic nitrogens is 3. The number of hydrogen-bond donors (Lipinski definition) is 0. The van der Waals surface area contributed by atoms with Crippen LogP contribution in [0.25, 0.3) is 22.8 Å². The van der Waals surface area contributed by atoms with Crippen LogP contribution < -0.4 is 24.8 Å². The van der Waals surface area contributed by atoms with E-state index in [1.807, 2.05) is 29.1 Å². The molecule has 2 aliphatic carbocycles. The van der Waals surface area contributed by atoms with Gasteiger partial charge in [-0.1, -0.05) is 0 Å². The molecule has 0 fully saturated rings. The Morgan fingerprint density at radius 1 is 0.923 bits per heavy atom. The van der Waals surface area contributed by atoms with E-state index in [2.05, 4.69) is 48.6 Å². The predicted molar refractivity (Wildman–Crippen MR) is 92.7 cm³/mol. The van der Waals surface area contributed by atoms with Crippen molar-refractivity contribution in [3.63, 3.8) is 0 Å². The Morgan fingerprint density at radius 2 is 1.62 bits per heavy atom. The van der Waals surface area contributed by atoms with E-state index in [-0.39, 0.29) is 24.8 Å². The summed E-state index contributed by atoms with van der Waals surface area (Å²) in [5.74, 6) is 0. The first kappa shape index (κ1) is 19.3. The van der Waals surface area contributed by atoms with Crippen molar-refractivity contribution in [2.75, 3.05) is 0 Å². The fourth-order valence-electron chi connectivity index (χ4n) is 3.35. The normalized spacial score (nSPS) is 17.0. The second-order valence-corrected chi connectivity index (χ2v) is 11.5. The zero-order chi connectivity index (χ0) is 15.9. The molecule has 26 heavy (non-hydrogen) atoms. The molecule has 3 aromatic rings. The van der Waals surface area contributed by atoms with Crippen molar-refractivity contribution < 1.29 is 47.7 Å². The summed E-state index contributed by atoms with van der Waals surface area (Å²) in [5.41, 5.74) is 5.97. The molecule has 0 radical (unpaired) electrons. The van der Waals surface area contributed by atoms with E-state index in [9.17, 15) is 0 Å². The number of allylic oxidation sites excluding steroid dienone is 5. The first-order chi connectivity index (χ1) is 11.9. The summed E-state index contributed by atoms with van der Waals surface area (Å²) in [7, 11) is 0. The van der Waals surface area contributed by atoms with Gasteiger partial charge in [0.15, 0.2) is 0 Å². The molecule has 0 bridgehead atoms. The van der Waals surface area contributed by atoms with E-state index < -0.39 is 22.9 Å². The predicted octanol–water partition coefficient (Wildman–Crippen LogP) is -1.58. The molecule has 0 N–H and O–H groups in total. The topological polar surface area (TPSA) is 30.7 Å². The van der Waals surface area contributed by atoms with E-state index in [1.54, 1.807) is 3.33 Å². The maximum atomic E-state index is 4.74. The molecule has 0 saturated carbocycles. The largest absolute Gasteiger partial charge is 1.00 e. The van der Waals surface area contributed by atoms with Crippen molar-refractivity contribution in [2.24, 2.45) is 0 Å². The zero-order valence-corrected chi connectivity index (χ0v) is 18.9. The van der Waals surface area contributed by atoms with Crippen molar-refractivity contribution in [1.29, 1.82) is 0 Å². The molecule has 2 aromatic carbocycles. The van der Waals surface area contributed by atoms with E-state index in [0.29, 0.717) is 3.67 Å². The molecule has 2 aliphatic rings. The summed E-state index contributed by atoms with van der Waals surface area (Å²) in [6.45, 7) is 0. The maximum absolute atomic E-state index is 4.74. The van der Waals surface area contributed by atoms with Crippen LogP contribution in [0, 0.1) is 0 Å². The smallest absolute Gasteiger partial charge is 1.00 e. The fourth-order valence-corrected chi connectivity index (χ4v) is 8.97. The Balaban J connectivity index is 0.000000980. The number of nitrogens with zero attached hydrogens (tertiary/aromatic N) is 3. The number of rotatable bonds is 3. The number of fused-ring (bicyclic) bond motifs is 2. The van der Waals surface area contributed by atoms with Crippen LogP contribution in [0.4, 0.5) is 0 Å². The fraction of sp³-hybridized carbons (Fsp3) is 0.100. The Bertz CT molecular complexity index is 1000. The first-order valence-corrected chi connectivity index (χ1v) is 12.0. The van der Waals surface area contributed by atoms with E-state index in [1.165, 1.54) is 16.8 Å². The second kappa shape index (κ2) is 8.03. The van der Waals surface area contributed by atoms with Crippen LogP contribution in [0.3, 0.4) is 0 Å².